The normalized spacial score (nSPS) is 10.7. The van der Waals surface area contributed by atoms with Crippen LogP contribution >= 0.6 is 23.1 Å². The first-order valence-corrected chi connectivity index (χ1v) is 8.07. The highest BCUT2D eigenvalue weighted by Gasteiger charge is 2.02. The lowest BCUT2D eigenvalue weighted by Crippen LogP contribution is -2.13. The molecule has 0 unspecified atom stereocenters. The van der Waals surface area contributed by atoms with Crippen molar-refractivity contribution in [3.05, 3.63) is 46.4 Å². The summed E-state index contributed by atoms with van der Waals surface area (Å²) in [4.78, 5) is 5.94. The minimum absolute atomic E-state index is 0.889. The van der Waals surface area contributed by atoms with E-state index >= 15 is 0 Å². The highest BCUT2D eigenvalue weighted by molar-refractivity contribution is 7.98. The Morgan fingerprint density at radius 3 is 2.89 bits per heavy atom. The number of thiazole rings is 1. The molecule has 2 aromatic rings. The lowest BCUT2D eigenvalue weighted by molar-refractivity contribution is 0.666. The van der Waals surface area contributed by atoms with Crippen molar-refractivity contribution >= 4 is 23.1 Å². The van der Waals surface area contributed by atoms with Gasteiger partial charge in [0.15, 0.2) is 0 Å². The summed E-state index contributed by atoms with van der Waals surface area (Å²) < 4.78 is 0. The fraction of sp³-hybridized carbons (Fsp3) is 0.357. The number of aromatic nitrogens is 1. The zero-order chi connectivity index (χ0) is 12.6. The molecule has 1 aromatic heterocycles. The summed E-state index contributed by atoms with van der Waals surface area (Å²) in [6.07, 6.45) is 1.17. The van der Waals surface area contributed by atoms with Crippen molar-refractivity contribution < 1.29 is 0 Å². The molecular formula is C14H18N2S2. The SMILES string of the molecule is CCCNCc1csc(CSc2ccccc2)n1. The maximum Gasteiger partial charge on any atom is 0.103 e. The van der Waals surface area contributed by atoms with Gasteiger partial charge in [-0.1, -0.05) is 25.1 Å². The topological polar surface area (TPSA) is 24.9 Å². The standard InChI is InChI=1S/C14H18N2S2/c1-2-8-15-9-12-10-18-14(16-12)11-17-13-6-4-3-5-7-13/h3-7,10,15H,2,8-9,11H2,1H3. The fourth-order valence-electron chi connectivity index (χ4n) is 1.55. The van der Waals surface area contributed by atoms with E-state index in [-0.39, 0.29) is 0 Å². The molecule has 0 atom stereocenters. The molecule has 0 saturated carbocycles. The molecule has 0 bridgehead atoms. The summed E-state index contributed by atoms with van der Waals surface area (Å²) >= 11 is 3.60. The predicted octanol–water partition coefficient (Wildman–Crippen LogP) is 3.94. The highest BCUT2D eigenvalue weighted by Crippen LogP contribution is 2.24. The van der Waals surface area contributed by atoms with Crippen molar-refractivity contribution in [3.63, 3.8) is 0 Å². The third-order valence-corrected chi connectivity index (χ3v) is 4.54. The van der Waals surface area contributed by atoms with E-state index < -0.39 is 0 Å². The maximum atomic E-state index is 4.63. The number of rotatable bonds is 7. The van der Waals surface area contributed by atoms with E-state index in [1.54, 1.807) is 11.3 Å². The Labute approximate surface area is 117 Å². The van der Waals surface area contributed by atoms with E-state index in [1.165, 1.54) is 16.3 Å². The van der Waals surface area contributed by atoms with E-state index in [9.17, 15) is 0 Å². The van der Waals surface area contributed by atoms with Crippen molar-refractivity contribution in [2.24, 2.45) is 0 Å². The minimum Gasteiger partial charge on any atom is -0.311 e. The Bertz CT molecular complexity index is 454. The van der Waals surface area contributed by atoms with Crippen molar-refractivity contribution in [2.45, 2.75) is 30.5 Å². The summed E-state index contributed by atoms with van der Waals surface area (Å²) in [5.41, 5.74) is 1.16. The number of thioether (sulfide) groups is 1. The van der Waals surface area contributed by atoms with Crippen LogP contribution in [0.2, 0.25) is 0 Å². The first-order chi connectivity index (χ1) is 8.88. The van der Waals surface area contributed by atoms with Crippen LogP contribution in [0.25, 0.3) is 0 Å². The van der Waals surface area contributed by atoms with Gasteiger partial charge in [0.25, 0.3) is 0 Å². The van der Waals surface area contributed by atoms with Crippen LogP contribution in [0.3, 0.4) is 0 Å². The van der Waals surface area contributed by atoms with E-state index in [4.69, 9.17) is 0 Å². The number of nitrogens with one attached hydrogen (secondary N) is 1. The summed E-state index contributed by atoms with van der Waals surface area (Å²) in [6.45, 7) is 4.13. The molecule has 0 aliphatic carbocycles. The maximum absolute atomic E-state index is 4.63. The van der Waals surface area contributed by atoms with Crippen molar-refractivity contribution in [1.82, 2.24) is 10.3 Å². The third-order valence-electron chi connectivity index (χ3n) is 2.44. The van der Waals surface area contributed by atoms with Gasteiger partial charge in [0.05, 0.1) is 11.4 Å². The molecule has 96 valence electrons. The summed E-state index contributed by atoms with van der Waals surface area (Å²) in [5, 5.41) is 6.74. The van der Waals surface area contributed by atoms with Crippen LogP contribution in [0.5, 0.6) is 0 Å². The molecule has 1 heterocycles. The number of nitrogens with zero attached hydrogens (tertiary/aromatic N) is 1. The Hall–Kier alpha value is -0.840. The van der Waals surface area contributed by atoms with Crippen LogP contribution in [0.4, 0.5) is 0 Å². The van der Waals surface area contributed by atoms with E-state index in [0.29, 0.717) is 0 Å². The van der Waals surface area contributed by atoms with Gasteiger partial charge in [-0.15, -0.1) is 23.1 Å². The van der Waals surface area contributed by atoms with Crippen molar-refractivity contribution in [2.75, 3.05) is 6.54 Å². The van der Waals surface area contributed by atoms with Gasteiger partial charge in [-0.3, -0.25) is 0 Å². The Kier molecular flexibility index (Phi) is 5.71. The lowest BCUT2D eigenvalue weighted by atomic mass is 10.4. The van der Waals surface area contributed by atoms with E-state index in [2.05, 4.69) is 46.9 Å². The van der Waals surface area contributed by atoms with Gasteiger partial charge in [-0.2, -0.15) is 0 Å². The first-order valence-electron chi connectivity index (χ1n) is 6.20. The van der Waals surface area contributed by atoms with Crippen LogP contribution < -0.4 is 5.32 Å². The van der Waals surface area contributed by atoms with Crippen LogP contribution in [0.1, 0.15) is 24.0 Å². The molecule has 0 spiro atoms. The molecule has 1 aromatic carbocycles. The zero-order valence-corrected chi connectivity index (χ0v) is 12.2. The molecule has 0 fully saturated rings. The van der Waals surface area contributed by atoms with Gasteiger partial charge < -0.3 is 5.32 Å². The van der Waals surface area contributed by atoms with Crippen LogP contribution in [-0.4, -0.2) is 11.5 Å². The average Bonchev–Trinajstić information content (AvgIpc) is 2.86. The van der Waals surface area contributed by atoms with Gasteiger partial charge in [0, 0.05) is 16.8 Å². The molecule has 0 saturated heterocycles. The largest absolute Gasteiger partial charge is 0.311 e. The second-order valence-electron chi connectivity index (χ2n) is 4.01. The molecule has 0 amide bonds. The van der Waals surface area contributed by atoms with Crippen LogP contribution in [0.15, 0.2) is 40.6 Å². The Morgan fingerprint density at radius 1 is 1.28 bits per heavy atom. The quantitative estimate of drug-likeness (QED) is 0.613. The molecule has 0 aliphatic rings. The number of hydrogen-bond donors (Lipinski definition) is 1. The summed E-state index contributed by atoms with van der Waals surface area (Å²) in [5.74, 6) is 0.961. The molecule has 4 heteroatoms. The zero-order valence-electron chi connectivity index (χ0n) is 10.6. The van der Waals surface area contributed by atoms with Crippen molar-refractivity contribution in [3.8, 4) is 0 Å². The van der Waals surface area contributed by atoms with Gasteiger partial charge >= 0.3 is 0 Å². The molecule has 0 radical (unpaired) electrons. The molecule has 2 nitrogen and oxygen atoms in total. The second kappa shape index (κ2) is 7.56. The summed E-state index contributed by atoms with van der Waals surface area (Å²) in [7, 11) is 0. The average molecular weight is 278 g/mol. The minimum atomic E-state index is 0.889. The van der Waals surface area contributed by atoms with Gasteiger partial charge in [-0.25, -0.2) is 4.98 Å². The molecular weight excluding hydrogens is 260 g/mol. The van der Waals surface area contributed by atoms with Crippen molar-refractivity contribution in [1.29, 1.82) is 0 Å². The predicted molar refractivity (Wildman–Crippen MR) is 80.1 cm³/mol. The molecule has 1 N–H and O–H groups in total. The van der Waals surface area contributed by atoms with E-state index in [0.717, 1.165) is 24.5 Å². The smallest absolute Gasteiger partial charge is 0.103 e. The van der Waals surface area contributed by atoms with Gasteiger partial charge in [-0.05, 0) is 25.1 Å². The highest BCUT2D eigenvalue weighted by atomic mass is 32.2. The van der Waals surface area contributed by atoms with Crippen LogP contribution in [-0.2, 0) is 12.3 Å². The molecule has 0 aliphatic heterocycles. The number of hydrogen-bond acceptors (Lipinski definition) is 4. The third kappa shape index (κ3) is 4.44. The van der Waals surface area contributed by atoms with Crippen LogP contribution in [0, 0.1) is 0 Å². The van der Waals surface area contributed by atoms with Gasteiger partial charge in [0.1, 0.15) is 5.01 Å². The number of benzene rings is 1. The second-order valence-corrected chi connectivity index (χ2v) is 6.00. The summed E-state index contributed by atoms with van der Waals surface area (Å²) in [6, 6.07) is 10.5. The van der Waals surface area contributed by atoms with Gasteiger partial charge in [0.2, 0.25) is 0 Å². The fourth-order valence-corrected chi connectivity index (χ4v) is 3.28. The molecule has 18 heavy (non-hydrogen) atoms. The van der Waals surface area contributed by atoms with E-state index in [1.807, 2.05) is 17.8 Å². The first kappa shape index (κ1) is 13.6. The Balaban J connectivity index is 1.80. The Morgan fingerprint density at radius 2 is 2.11 bits per heavy atom. The monoisotopic (exact) mass is 278 g/mol. The molecule has 2 rings (SSSR count). The lowest BCUT2D eigenvalue weighted by Gasteiger charge is -1.99.